The molecule has 0 aromatic carbocycles. The number of aromatic nitrogens is 2. The Morgan fingerprint density at radius 3 is 2.48 bits per heavy atom. The van der Waals surface area contributed by atoms with E-state index in [-0.39, 0.29) is 0 Å². The summed E-state index contributed by atoms with van der Waals surface area (Å²) in [6.45, 7) is 0. The number of nitrogens with one attached hydrogen (secondary N) is 1. The van der Waals surface area contributed by atoms with Gasteiger partial charge in [-0.3, -0.25) is 23.7 Å². The summed E-state index contributed by atoms with van der Waals surface area (Å²) in [6.07, 6.45) is -10.0. The molecule has 1 aromatic heterocycles. The maximum atomic E-state index is 12.2. The monoisotopic (exact) mass is 408 g/mol. The summed E-state index contributed by atoms with van der Waals surface area (Å²) in [5.74, 6) is -2.83. The van der Waals surface area contributed by atoms with Gasteiger partial charge in [0.15, 0.2) is 30.3 Å². The number of nitrogens with zero attached hydrogens (tertiary/aromatic N) is 1. The van der Waals surface area contributed by atoms with Gasteiger partial charge in [0.2, 0.25) is 0 Å². The molecule has 2 aliphatic heterocycles. The number of carbonyl (C=O) groups is 2. The lowest BCUT2D eigenvalue weighted by atomic mass is 9.95. The largest absolute Gasteiger partial charge is 0.479 e. The minimum atomic E-state index is -5.21. The standard InChI is InChI=1S/C12H13N2O12P/c15-3-1-2-14(12(20)13-3)10-9(26-27(21,22)23)8-6(25-10)4(16)5(17)7(24-8)11(18)19/h1-2,5-10,17H,(H,18,19)(H,13,15,20)(H2,21,22,23)/t5-,6-,7+,8-,9-,10-/m1/s1. The number of ketones is 1. The van der Waals surface area contributed by atoms with E-state index in [2.05, 4.69) is 4.52 Å². The van der Waals surface area contributed by atoms with Gasteiger partial charge in [-0.15, -0.1) is 0 Å². The third-order valence-corrected chi connectivity index (χ3v) is 4.50. The number of carbonyl (C=O) groups excluding carboxylic acids is 1. The molecule has 0 saturated carbocycles. The SMILES string of the molecule is O=C1[C@@H](O)[C@@H](C(=O)O)O[C@H]2[C@@H](OP(=O)(O)O)[C@H](n3ccc(=O)[nH]c3=O)O[C@H]12. The van der Waals surface area contributed by atoms with Crippen LogP contribution in [0.4, 0.5) is 0 Å². The van der Waals surface area contributed by atoms with Crippen molar-refractivity contribution in [1.82, 2.24) is 9.55 Å². The van der Waals surface area contributed by atoms with Crippen LogP contribution >= 0.6 is 7.82 Å². The van der Waals surface area contributed by atoms with Gasteiger partial charge in [-0.05, 0) is 0 Å². The predicted molar refractivity (Wildman–Crippen MR) is 79.5 cm³/mol. The fraction of sp³-hybridized carbons (Fsp3) is 0.500. The van der Waals surface area contributed by atoms with Gasteiger partial charge in [-0.25, -0.2) is 14.2 Å². The zero-order valence-electron chi connectivity index (χ0n) is 13.1. The summed E-state index contributed by atoms with van der Waals surface area (Å²) < 4.78 is 26.9. The molecule has 2 aliphatic rings. The van der Waals surface area contributed by atoms with Gasteiger partial charge in [0.25, 0.3) is 5.56 Å². The number of phosphoric acid groups is 1. The molecule has 0 radical (unpaired) electrons. The number of ether oxygens (including phenoxy) is 2. The number of hydrogen-bond acceptors (Lipinski definition) is 9. The van der Waals surface area contributed by atoms with E-state index in [1.54, 1.807) is 0 Å². The van der Waals surface area contributed by atoms with Gasteiger partial charge in [-0.2, -0.15) is 0 Å². The molecule has 27 heavy (non-hydrogen) atoms. The van der Waals surface area contributed by atoms with Gasteiger partial charge in [0.05, 0.1) is 0 Å². The Morgan fingerprint density at radius 1 is 1.26 bits per heavy atom. The first-order chi connectivity index (χ1) is 12.5. The summed E-state index contributed by atoms with van der Waals surface area (Å²) in [7, 11) is -5.21. The number of aliphatic carboxylic acids is 1. The smallest absolute Gasteiger partial charge is 0.470 e. The molecule has 14 nitrogen and oxygen atoms in total. The lowest BCUT2D eigenvalue weighted by molar-refractivity contribution is -0.193. The van der Waals surface area contributed by atoms with Gasteiger partial charge in [-0.1, -0.05) is 0 Å². The van der Waals surface area contributed by atoms with Gasteiger partial charge < -0.3 is 29.5 Å². The number of Topliss-reactive ketones (excluding diaryl/α,β-unsaturated/α-hetero) is 1. The van der Waals surface area contributed by atoms with Crippen molar-refractivity contribution >= 4 is 19.6 Å². The van der Waals surface area contributed by atoms with Crippen molar-refractivity contribution in [2.75, 3.05) is 0 Å². The van der Waals surface area contributed by atoms with Crippen LogP contribution < -0.4 is 11.2 Å². The molecule has 0 aliphatic carbocycles. The molecule has 0 unspecified atom stereocenters. The number of aliphatic hydroxyl groups excluding tert-OH is 1. The molecular formula is C12H13N2O12P. The highest BCUT2D eigenvalue weighted by Crippen LogP contribution is 2.46. The van der Waals surface area contributed by atoms with Crippen LogP contribution in [0.1, 0.15) is 6.23 Å². The summed E-state index contributed by atoms with van der Waals surface area (Å²) in [6, 6.07) is 0.902. The molecule has 3 heterocycles. The Bertz CT molecular complexity index is 933. The van der Waals surface area contributed by atoms with Crippen LogP contribution in [-0.4, -0.2) is 71.8 Å². The van der Waals surface area contributed by atoms with Crippen LogP contribution in [0, 0.1) is 0 Å². The van der Waals surface area contributed by atoms with E-state index in [0.717, 1.165) is 12.3 Å². The van der Waals surface area contributed by atoms with Gasteiger partial charge in [0.1, 0.15) is 12.2 Å². The van der Waals surface area contributed by atoms with Crippen LogP contribution in [0.5, 0.6) is 0 Å². The first-order valence-corrected chi connectivity index (χ1v) is 8.83. The van der Waals surface area contributed by atoms with E-state index in [1.807, 2.05) is 4.98 Å². The quantitative estimate of drug-likeness (QED) is 0.310. The Balaban J connectivity index is 2.05. The van der Waals surface area contributed by atoms with Crippen molar-refractivity contribution < 1.29 is 48.2 Å². The maximum absolute atomic E-state index is 12.2. The lowest BCUT2D eigenvalue weighted by Gasteiger charge is -2.33. The molecule has 2 fully saturated rings. The van der Waals surface area contributed by atoms with Crippen molar-refractivity contribution in [3.05, 3.63) is 33.1 Å². The fourth-order valence-corrected chi connectivity index (χ4v) is 3.44. The van der Waals surface area contributed by atoms with Crippen molar-refractivity contribution in [1.29, 1.82) is 0 Å². The van der Waals surface area contributed by atoms with Crippen molar-refractivity contribution in [2.24, 2.45) is 0 Å². The molecule has 1 aromatic rings. The Labute approximate surface area is 148 Å². The molecule has 5 N–H and O–H groups in total. The third-order valence-electron chi connectivity index (χ3n) is 3.98. The Hall–Kier alpha value is -2.19. The second-order valence-electron chi connectivity index (χ2n) is 5.73. The molecule has 15 heteroatoms. The number of hydrogen-bond donors (Lipinski definition) is 5. The highest BCUT2D eigenvalue weighted by atomic mass is 31.2. The van der Waals surface area contributed by atoms with E-state index in [9.17, 15) is 28.8 Å². The zero-order chi connectivity index (χ0) is 20.1. The summed E-state index contributed by atoms with van der Waals surface area (Å²) in [5.41, 5.74) is -1.82. The highest BCUT2D eigenvalue weighted by molar-refractivity contribution is 7.46. The number of fused-ring (bicyclic) bond motifs is 1. The van der Waals surface area contributed by atoms with Crippen LogP contribution in [0.25, 0.3) is 0 Å². The molecule has 148 valence electrons. The van der Waals surface area contributed by atoms with Crippen molar-refractivity contribution in [2.45, 2.75) is 36.7 Å². The molecule has 2 saturated heterocycles. The summed E-state index contributed by atoms with van der Waals surface area (Å²) in [5, 5.41) is 18.8. The van der Waals surface area contributed by atoms with E-state index in [0.29, 0.717) is 4.57 Å². The minimum absolute atomic E-state index is 0.679. The Kier molecular flexibility index (Phi) is 4.90. The molecule has 6 atom stereocenters. The van der Waals surface area contributed by atoms with E-state index in [1.165, 1.54) is 0 Å². The number of carboxylic acid groups (broad SMARTS) is 1. The topological polar surface area (TPSA) is 215 Å². The number of aliphatic hydroxyl groups is 1. The van der Waals surface area contributed by atoms with Gasteiger partial charge in [0, 0.05) is 12.3 Å². The normalized spacial score (nSPS) is 33.7. The summed E-state index contributed by atoms with van der Waals surface area (Å²) >= 11 is 0. The third kappa shape index (κ3) is 3.64. The molecular weight excluding hydrogens is 395 g/mol. The van der Waals surface area contributed by atoms with Crippen LogP contribution in [0.3, 0.4) is 0 Å². The van der Waals surface area contributed by atoms with E-state index >= 15 is 0 Å². The number of aromatic amines is 1. The van der Waals surface area contributed by atoms with Gasteiger partial charge >= 0.3 is 19.5 Å². The predicted octanol–water partition coefficient (Wildman–Crippen LogP) is -3.31. The van der Waals surface area contributed by atoms with Crippen LogP contribution in [-0.2, 0) is 28.2 Å². The number of H-pyrrole nitrogens is 1. The number of phosphoric ester groups is 1. The first kappa shape index (κ1) is 19.6. The van der Waals surface area contributed by atoms with E-state index in [4.69, 9.17) is 24.4 Å². The first-order valence-electron chi connectivity index (χ1n) is 7.30. The molecule has 0 amide bonds. The van der Waals surface area contributed by atoms with E-state index < -0.39 is 67.6 Å². The Morgan fingerprint density at radius 2 is 1.93 bits per heavy atom. The second kappa shape index (κ2) is 6.76. The summed E-state index contributed by atoms with van der Waals surface area (Å²) in [4.78, 5) is 66.7. The average Bonchev–Trinajstić information content (AvgIpc) is 2.87. The molecule has 3 rings (SSSR count). The highest BCUT2D eigenvalue weighted by Gasteiger charge is 2.59. The van der Waals surface area contributed by atoms with Crippen molar-refractivity contribution in [3.8, 4) is 0 Å². The van der Waals surface area contributed by atoms with Crippen LogP contribution in [0.15, 0.2) is 21.9 Å². The minimum Gasteiger partial charge on any atom is -0.479 e. The molecule has 0 bridgehead atoms. The molecule has 0 spiro atoms. The van der Waals surface area contributed by atoms with Crippen LogP contribution in [0.2, 0.25) is 0 Å². The second-order valence-corrected chi connectivity index (χ2v) is 6.92. The maximum Gasteiger partial charge on any atom is 0.470 e. The lowest BCUT2D eigenvalue weighted by Crippen LogP contribution is -2.58. The fourth-order valence-electron chi connectivity index (χ4n) is 2.89. The van der Waals surface area contributed by atoms with Crippen molar-refractivity contribution in [3.63, 3.8) is 0 Å². The number of carboxylic acids is 1. The number of rotatable bonds is 4. The zero-order valence-corrected chi connectivity index (χ0v) is 14.0. The average molecular weight is 408 g/mol.